The number of halogens is 3. The first-order valence-corrected chi connectivity index (χ1v) is 13.2. The first kappa shape index (κ1) is 24.3. The number of Topliss-reactive ketones (excluding diaryl/α,β-unsaturated/α-hetero) is 1. The summed E-state index contributed by atoms with van der Waals surface area (Å²) in [4.78, 5) is 55.5. The van der Waals surface area contributed by atoms with Crippen molar-refractivity contribution in [1.29, 1.82) is 0 Å². The zero-order valence-corrected chi connectivity index (χ0v) is 21.1. The van der Waals surface area contributed by atoms with Gasteiger partial charge in [0, 0.05) is 22.0 Å². The molecule has 0 aromatic heterocycles. The summed E-state index contributed by atoms with van der Waals surface area (Å²) in [6.07, 6.45) is 5.07. The van der Waals surface area contributed by atoms with Crippen molar-refractivity contribution in [2.24, 2.45) is 35.5 Å². The number of rotatable bonds is 7. The Morgan fingerprint density at radius 1 is 0.919 bits per heavy atom. The van der Waals surface area contributed by atoms with Crippen molar-refractivity contribution < 1.29 is 23.6 Å². The molecule has 2 aromatic carbocycles. The zero-order chi connectivity index (χ0) is 26.0. The molecule has 2 saturated carbocycles. The highest BCUT2D eigenvalue weighted by molar-refractivity contribution is 6.30. The summed E-state index contributed by atoms with van der Waals surface area (Å²) in [5, 5.41) is 2.30. The molecule has 2 aromatic rings. The van der Waals surface area contributed by atoms with Crippen molar-refractivity contribution in [3.05, 3.63) is 82.6 Å². The Morgan fingerprint density at radius 2 is 1.46 bits per heavy atom. The number of ketones is 1. The Hall–Kier alpha value is -3.03. The smallest absolute Gasteiger partial charge is 0.273 e. The van der Waals surface area contributed by atoms with E-state index in [-0.39, 0.29) is 35.3 Å². The van der Waals surface area contributed by atoms with Gasteiger partial charge in [-0.05, 0) is 85.0 Å². The number of carbonyl (C=O) groups excluding carboxylic acids is 4. The number of hydrogen-bond acceptors (Lipinski definition) is 4. The Kier molecular flexibility index (Phi) is 5.96. The minimum absolute atomic E-state index is 0.0119. The third kappa shape index (κ3) is 3.82. The standard InChI is InChI=1S/C28H23Cl2FN2O4/c29-12-11-22(25(34)14-3-7-17(31)8-4-14)32(26(35)15-1-5-16(30)6-2-15)33-27(36)23-18-9-10-19(21-13-20(18)21)24(23)28(33)37/h1-10,18-24H,11-13H2/t18-,19-,20-,21-,22-,23-,24+/m0/s1. The van der Waals surface area contributed by atoms with Gasteiger partial charge in [0.05, 0.1) is 11.8 Å². The van der Waals surface area contributed by atoms with Crippen LogP contribution >= 0.6 is 23.2 Å². The average Bonchev–Trinajstić information content (AvgIpc) is 3.68. The van der Waals surface area contributed by atoms with Crippen LogP contribution in [-0.4, -0.2) is 45.4 Å². The normalized spacial score (nSPS) is 29.6. The molecule has 7 rings (SSSR count). The molecule has 1 saturated heterocycles. The van der Waals surface area contributed by atoms with E-state index in [0.29, 0.717) is 16.9 Å². The van der Waals surface area contributed by atoms with Crippen LogP contribution in [0.5, 0.6) is 0 Å². The molecule has 37 heavy (non-hydrogen) atoms. The van der Waals surface area contributed by atoms with Crippen LogP contribution in [0.1, 0.15) is 33.6 Å². The van der Waals surface area contributed by atoms with Crippen LogP contribution in [0.4, 0.5) is 4.39 Å². The Labute approximate surface area is 223 Å². The zero-order valence-electron chi connectivity index (χ0n) is 19.6. The van der Waals surface area contributed by atoms with E-state index in [1.54, 1.807) is 0 Å². The van der Waals surface area contributed by atoms with Gasteiger partial charge >= 0.3 is 0 Å². The first-order chi connectivity index (χ1) is 17.8. The predicted molar refractivity (Wildman–Crippen MR) is 134 cm³/mol. The summed E-state index contributed by atoms with van der Waals surface area (Å²) in [5.41, 5.74) is 0.306. The van der Waals surface area contributed by atoms with E-state index < -0.39 is 47.2 Å². The molecule has 0 radical (unpaired) electrons. The second-order valence-corrected chi connectivity index (χ2v) is 11.0. The number of carbonyl (C=O) groups is 4. The second-order valence-electron chi connectivity index (χ2n) is 10.2. The van der Waals surface area contributed by atoms with Gasteiger partial charge in [0.15, 0.2) is 5.78 Å². The van der Waals surface area contributed by atoms with Gasteiger partial charge in [0.25, 0.3) is 17.7 Å². The van der Waals surface area contributed by atoms with Crippen LogP contribution in [-0.2, 0) is 9.59 Å². The van der Waals surface area contributed by atoms with Crippen molar-refractivity contribution in [3.8, 4) is 0 Å². The monoisotopic (exact) mass is 540 g/mol. The summed E-state index contributed by atoms with van der Waals surface area (Å²) in [5.74, 6) is -3.12. The topological polar surface area (TPSA) is 74.8 Å². The highest BCUT2D eigenvalue weighted by Crippen LogP contribution is 2.65. The number of nitrogens with zero attached hydrogens (tertiary/aromatic N) is 2. The van der Waals surface area contributed by atoms with Crippen molar-refractivity contribution in [3.63, 3.8) is 0 Å². The fourth-order valence-electron chi connectivity index (χ4n) is 6.52. The lowest BCUT2D eigenvalue weighted by atomic mass is 9.63. The molecule has 0 N–H and O–H groups in total. The van der Waals surface area contributed by atoms with Crippen LogP contribution in [0, 0.1) is 41.3 Å². The van der Waals surface area contributed by atoms with Gasteiger partial charge in [0.2, 0.25) is 0 Å². The number of hydrazine groups is 1. The Morgan fingerprint density at radius 3 is 2.00 bits per heavy atom. The van der Waals surface area contributed by atoms with Gasteiger partial charge in [-0.3, -0.25) is 19.2 Å². The molecule has 6 nitrogen and oxygen atoms in total. The number of alkyl halides is 1. The van der Waals surface area contributed by atoms with E-state index in [1.807, 2.05) is 12.2 Å². The maximum absolute atomic E-state index is 14.0. The van der Waals surface area contributed by atoms with Crippen molar-refractivity contribution in [2.45, 2.75) is 18.9 Å². The molecule has 190 valence electrons. The van der Waals surface area contributed by atoms with Crippen molar-refractivity contribution in [1.82, 2.24) is 10.0 Å². The van der Waals surface area contributed by atoms with Gasteiger partial charge in [-0.2, -0.15) is 5.01 Å². The number of allylic oxidation sites excluding steroid dienone is 2. The largest absolute Gasteiger partial charge is 0.292 e. The molecule has 7 atom stereocenters. The molecule has 1 heterocycles. The molecule has 4 aliphatic carbocycles. The van der Waals surface area contributed by atoms with Crippen molar-refractivity contribution in [2.75, 3.05) is 5.88 Å². The summed E-state index contributed by atoms with van der Waals surface area (Å²) < 4.78 is 13.6. The average molecular weight is 541 g/mol. The summed E-state index contributed by atoms with van der Waals surface area (Å²) in [6, 6.07) is 9.68. The van der Waals surface area contributed by atoms with E-state index in [9.17, 15) is 23.6 Å². The highest BCUT2D eigenvalue weighted by atomic mass is 35.5. The molecule has 5 aliphatic rings. The third-order valence-corrected chi connectivity index (χ3v) is 8.73. The molecular formula is C28H23Cl2FN2O4. The molecule has 9 heteroatoms. The summed E-state index contributed by atoms with van der Waals surface area (Å²) in [6.45, 7) is 0. The SMILES string of the molecule is O=C(c1ccc(F)cc1)[C@H](CCCl)N(C(=O)c1ccc(Cl)cc1)N1C(=O)[C@@H]2[C@H]3C=C[C@@H]([C@@H]4C[C@@H]34)[C@@H]2C1=O. The second kappa shape index (κ2) is 9.07. The van der Waals surface area contributed by atoms with Crippen LogP contribution in [0.2, 0.25) is 5.02 Å². The molecule has 0 unspecified atom stereocenters. The summed E-state index contributed by atoms with van der Waals surface area (Å²) in [7, 11) is 0. The van der Waals surface area contributed by atoms with Gasteiger partial charge in [-0.15, -0.1) is 11.6 Å². The van der Waals surface area contributed by atoms with E-state index >= 15 is 0 Å². The van der Waals surface area contributed by atoms with Crippen molar-refractivity contribution >= 4 is 46.7 Å². The van der Waals surface area contributed by atoms with Crippen LogP contribution in [0.15, 0.2) is 60.7 Å². The lowest BCUT2D eigenvalue weighted by molar-refractivity contribution is -0.157. The fraction of sp³-hybridized carbons (Fsp3) is 0.357. The van der Waals surface area contributed by atoms with Gasteiger partial charge < -0.3 is 0 Å². The first-order valence-electron chi connectivity index (χ1n) is 12.3. The Balaban J connectivity index is 1.43. The number of benzene rings is 2. The highest BCUT2D eigenvalue weighted by Gasteiger charge is 2.68. The van der Waals surface area contributed by atoms with Crippen LogP contribution in [0.3, 0.4) is 0 Å². The quantitative estimate of drug-likeness (QED) is 0.219. The number of imide groups is 1. The molecule has 3 fully saturated rings. The summed E-state index contributed by atoms with van der Waals surface area (Å²) >= 11 is 12.1. The number of hydrogen-bond donors (Lipinski definition) is 0. The van der Waals surface area contributed by atoms with E-state index in [1.165, 1.54) is 36.4 Å². The van der Waals surface area contributed by atoms with E-state index in [2.05, 4.69) is 0 Å². The predicted octanol–water partition coefficient (Wildman–Crippen LogP) is 4.77. The Bertz CT molecular complexity index is 1290. The third-order valence-electron chi connectivity index (χ3n) is 8.26. The van der Waals surface area contributed by atoms with Crippen LogP contribution in [0.25, 0.3) is 0 Å². The minimum Gasteiger partial charge on any atom is -0.292 e. The van der Waals surface area contributed by atoms with Gasteiger partial charge in [-0.25, -0.2) is 9.40 Å². The van der Waals surface area contributed by atoms with Gasteiger partial charge in [0.1, 0.15) is 11.9 Å². The molecule has 1 aliphatic heterocycles. The molecule has 0 spiro atoms. The molecule has 3 amide bonds. The molecular weight excluding hydrogens is 518 g/mol. The minimum atomic E-state index is -1.25. The van der Waals surface area contributed by atoms with Gasteiger partial charge in [-0.1, -0.05) is 23.8 Å². The maximum Gasteiger partial charge on any atom is 0.273 e. The lowest BCUT2D eigenvalue weighted by Gasteiger charge is -2.37. The van der Waals surface area contributed by atoms with E-state index in [0.717, 1.165) is 28.6 Å². The fourth-order valence-corrected chi connectivity index (χ4v) is 6.86. The lowest BCUT2D eigenvalue weighted by Crippen LogP contribution is -2.57. The van der Waals surface area contributed by atoms with Crippen LogP contribution < -0.4 is 0 Å². The maximum atomic E-state index is 14.0. The number of amides is 3. The molecule has 2 bridgehead atoms. The van der Waals surface area contributed by atoms with E-state index in [4.69, 9.17) is 23.2 Å².